The molecule has 0 aliphatic heterocycles. The fraction of sp³-hybridized carbons (Fsp3) is 0.400. The van der Waals surface area contributed by atoms with Gasteiger partial charge < -0.3 is 25.8 Å². The average molecular weight is 608 g/mol. The van der Waals surface area contributed by atoms with Crippen LogP contribution in [-0.2, 0) is 27.2 Å². The summed E-state index contributed by atoms with van der Waals surface area (Å²) in [5, 5.41) is 16.7. The lowest BCUT2D eigenvalue weighted by molar-refractivity contribution is -0.192. The number of carbonyl (C=O) groups is 2. The third-order valence-corrected chi connectivity index (χ3v) is 5.70. The Balaban J connectivity index is 0.000000821. The minimum atomic E-state index is -5.08. The molecule has 1 heterocycles. The van der Waals surface area contributed by atoms with E-state index in [0.29, 0.717) is 44.3 Å². The topological polar surface area (TPSA) is 125 Å². The fourth-order valence-corrected chi connectivity index (χ4v) is 3.65. The van der Waals surface area contributed by atoms with Crippen LogP contribution in [0.2, 0.25) is 0 Å². The number of hydrogen-bond acceptors (Lipinski definition) is 7. The highest BCUT2D eigenvalue weighted by Gasteiger charge is 2.38. The highest BCUT2D eigenvalue weighted by atomic mass is 19.4. The van der Waals surface area contributed by atoms with Gasteiger partial charge >= 0.3 is 12.1 Å². The van der Waals surface area contributed by atoms with E-state index >= 15 is 0 Å². The number of benzene rings is 2. The minimum absolute atomic E-state index is 0.0921. The Morgan fingerprint density at radius 2 is 1.63 bits per heavy atom. The first-order valence-corrected chi connectivity index (χ1v) is 13.7. The van der Waals surface area contributed by atoms with Crippen LogP contribution in [0.4, 0.5) is 29.3 Å². The normalized spacial score (nSPS) is 11.7. The molecular weight excluding hydrogens is 570 g/mol. The molecule has 0 bridgehead atoms. The largest absolute Gasteiger partial charge is 0.490 e. The van der Waals surface area contributed by atoms with Crippen molar-refractivity contribution in [2.45, 2.75) is 58.4 Å². The number of carboxylic acids is 1. The van der Waals surface area contributed by atoms with Crippen LogP contribution in [0.25, 0.3) is 0 Å². The summed E-state index contributed by atoms with van der Waals surface area (Å²) in [4.78, 5) is 31.0. The van der Waals surface area contributed by atoms with E-state index in [-0.39, 0.29) is 17.8 Å². The number of alkyl halides is 3. The smallest absolute Gasteiger partial charge is 0.475 e. The predicted octanol–water partition coefficient (Wildman–Crippen LogP) is 5.17. The summed E-state index contributed by atoms with van der Waals surface area (Å²) >= 11 is 0. The molecule has 3 rings (SSSR count). The molecule has 13 heteroatoms. The van der Waals surface area contributed by atoms with Crippen molar-refractivity contribution in [1.82, 2.24) is 15.3 Å². The Morgan fingerprint density at radius 3 is 2.23 bits per heavy atom. The standard InChI is InChI=1S/C28H36FN5O2.C2HF3O2/c1-20(2)36-17-7-15-30-27(35)25(19-23-8-5-4-6-9-23)33-26-18-21(3)32-28(34-26)31-16-14-22-10-12-24(29)13-11-22;3-2(4,5)1(6)7/h4-6,8-13,18,20,25H,7,14-17,19H2,1-3H3,(H,30,35)(H2,31,32,33,34);(H,6,7)/t25-;/m0./s1. The molecule has 0 aliphatic rings. The van der Waals surface area contributed by atoms with Crippen molar-refractivity contribution in [1.29, 1.82) is 0 Å². The molecule has 1 aromatic heterocycles. The molecule has 0 radical (unpaired) electrons. The predicted molar refractivity (Wildman–Crippen MR) is 155 cm³/mol. The zero-order valence-electron chi connectivity index (χ0n) is 24.2. The quantitative estimate of drug-likeness (QED) is 0.146. The molecule has 1 amide bonds. The highest BCUT2D eigenvalue weighted by molar-refractivity contribution is 5.84. The maximum atomic E-state index is 13.1. The number of amides is 1. The van der Waals surface area contributed by atoms with Crippen molar-refractivity contribution in [2.75, 3.05) is 30.3 Å². The molecule has 4 N–H and O–H groups in total. The number of aliphatic carboxylic acids is 1. The average Bonchev–Trinajstić information content (AvgIpc) is 2.93. The van der Waals surface area contributed by atoms with E-state index in [2.05, 4.69) is 25.9 Å². The van der Waals surface area contributed by atoms with Gasteiger partial charge in [0.2, 0.25) is 11.9 Å². The molecule has 43 heavy (non-hydrogen) atoms. The SMILES string of the molecule is Cc1cc(N[C@@H](Cc2ccccc2)C(=O)NCCCOC(C)C)nc(NCCc2ccc(F)cc2)n1.O=C(O)C(F)(F)F. The zero-order valence-corrected chi connectivity index (χ0v) is 24.2. The van der Waals surface area contributed by atoms with Crippen LogP contribution in [0.1, 0.15) is 37.1 Å². The summed E-state index contributed by atoms with van der Waals surface area (Å²) in [5.74, 6) is -2.05. The van der Waals surface area contributed by atoms with Gasteiger partial charge in [0, 0.05) is 37.9 Å². The van der Waals surface area contributed by atoms with Crippen molar-refractivity contribution in [3.63, 3.8) is 0 Å². The van der Waals surface area contributed by atoms with E-state index in [9.17, 15) is 22.4 Å². The number of hydrogen-bond donors (Lipinski definition) is 4. The summed E-state index contributed by atoms with van der Waals surface area (Å²) in [7, 11) is 0. The summed E-state index contributed by atoms with van der Waals surface area (Å²) < 4.78 is 50.4. The van der Waals surface area contributed by atoms with Crippen molar-refractivity contribution < 1.29 is 37.0 Å². The Labute approximate surface area is 248 Å². The van der Waals surface area contributed by atoms with Crippen LogP contribution < -0.4 is 16.0 Å². The van der Waals surface area contributed by atoms with E-state index in [1.807, 2.05) is 57.2 Å². The monoisotopic (exact) mass is 607 g/mol. The number of halogens is 4. The van der Waals surface area contributed by atoms with E-state index in [1.54, 1.807) is 12.1 Å². The van der Waals surface area contributed by atoms with E-state index < -0.39 is 18.2 Å². The number of carbonyl (C=O) groups excluding carboxylic acids is 1. The third kappa shape index (κ3) is 14.5. The Hall–Kier alpha value is -4.26. The van der Waals surface area contributed by atoms with Crippen LogP contribution in [0, 0.1) is 12.7 Å². The van der Waals surface area contributed by atoms with Gasteiger partial charge in [-0.05, 0) is 56.9 Å². The van der Waals surface area contributed by atoms with Gasteiger partial charge in [-0.3, -0.25) is 4.79 Å². The number of carboxylic acid groups (broad SMARTS) is 1. The Bertz CT molecular complexity index is 1280. The van der Waals surface area contributed by atoms with Gasteiger partial charge in [0.1, 0.15) is 17.7 Å². The second kappa shape index (κ2) is 17.6. The van der Waals surface area contributed by atoms with Crippen molar-refractivity contribution in [2.24, 2.45) is 0 Å². The number of aryl methyl sites for hydroxylation is 1. The van der Waals surface area contributed by atoms with Crippen LogP contribution in [0.3, 0.4) is 0 Å². The first kappa shape index (κ1) is 34.9. The lowest BCUT2D eigenvalue weighted by atomic mass is 10.1. The third-order valence-electron chi connectivity index (χ3n) is 5.70. The first-order chi connectivity index (χ1) is 20.3. The number of nitrogens with one attached hydrogen (secondary N) is 3. The van der Waals surface area contributed by atoms with Gasteiger partial charge in [0.15, 0.2) is 0 Å². The van der Waals surface area contributed by atoms with Gasteiger partial charge in [0.05, 0.1) is 6.10 Å². The van der Waals surface area contributed by atoms with Gasteiger partial charge in [0.25, 0.3) is 0 Å². The zero-order chi connectivity index (χ0) is 31.8. The molecule has 0 fully saturated rings. The lowest BCUT2D eigenvalue weighted by Gasteiger charge is -2.20. The second-order valence-electron chi connectivity index (χ2n) is 9.78. The number of ether oxygens (including phenoxy) is 1. The van der Waals surface area contributed by atoms with Crippen LogP contribution in [-0.4, -0.2) is 65.0 Å². The summed E-state index contributed by atoms with van der Waals surface area (Å²) in [5.41, 5.74) is 2.85. The molecule has 0 unspecified atom stereocenters. The molecule has 0 aliphatic carbocycles. The summed E-state index contributed by atoms with van der Waals surface area (Å²) in [6.07, 6.45) is -2.94. The number of anilines is 2. The van der Waals surface area contributed by atoms with E-state index in [1.165, 1.54) is 12.1 Å². The van der Waals surface area contributed by atoms with Crippen molar-refractivity contribution in [3.8, 4) is 0 Å². The minimum Gasteiger partial charge on any atom is -0.475 e. The molecule has 0 spiro atoms. The number of rotatable bonds is 14. The van der Waals surface area contributed by atoms with E-state index in [0.717, 1.165) is 23.2 Å². The fourth-order valence-electron chi connectivity index (χ4n) is 3.65. The molecule has 0 saturated heterocycles. The van der Waals surface area contributed by atoms with E-state index in [4.69, 9.17) is 14.6 Å². The van der Waals surface area contributed by atoms with Gasteiger partial charge in [-0.2, -0.15) is 18.2 Å². The Morgan fingerprint density at radius 1 is 0.977 bits per heavy atom. The number of aromatic nitrogens is 2. The molecule has 0 saturated carbocycles. The second-order valence-corrected chi connectivity index (χ2v) is 9.78. The molecular formula is C30H37F4N5O4. The van der Waals surface area contributed by atoms with Crippen LogP contribution in [0.5, 0.6) is 0 Å². The summed E-state index contributed by atoms with van der Waals surface area (Å²) in [6, 6.07) is 17.7. The molecule has 3 aromatic rings. The lowest BCUT2D eigenvalue weighted by Crippen LogP contribution is -2.42. The van der Waals surface area contributed by atoms with Crippen LogP contribution in [0.15, 0.2) is 60.7 Å². The maximum Gasteiger partial charge on any atom is 0.490 e. The highest BCUT2D eigenvalue weighted by Crippen LogP contribution is 2.15. The van der Waals surface area contributed by atoms with Crippen molar-refractivity contribution in [3.05, 3.63) is 83.3 Å². The first-order valence-electron chi connectivity index (χ1n) is 13.7. The number of nitrogens with zero attached hydrogens (tertiary/aromatic N) is 2. The Kier molecular flexibility index (Phi) is 14.3. The maximum absolute atomic E-state index is 13.1. The molecule has 234 valence electrons. The van der Waals surface area contributed by atoms with Gasteiger partial charge in [-0.15, -0.1) is 0 Å². The van der Waals surface area contributed by atoms with Crippen LogP contribution >= 0.6 is 0 Å². The van der Waals surface area contributed by atoms with Gasteiger partial charge in [-0.25, -0.2) is 14.2 Å². The molecule has 9 nitrogen and oxygen atoms in total. The summed E-state index contributed by atoms with van der Waals surface area (Å²) in [6.45, 7) is 7.62. The van der Waals surface area contributed by atoms with Crippen molar-refractivity contribution >= 4 is 23.6 Å². The van der Waals surface area contributed by atoms with Gasteiger partial charge in [-0.1, -0.05) is 42.5 Å². The molecule has 2 aromatic carbocycles. The molecule has 1 atom stereocenters.